The predicted octanol–water partition coefficient (Wildman–Crippen LogP) is 3.07. The van der Waals surface area contributed by atoms with Crippen LogP contribution in [0, 0.1) is 11.8 Å². The van der Waals surface area contributed by atoms with Gasteiger partial charge >= 0.3 is 0 Å². The highest BCUT2D eigenvalue weighted by molar-refractivity contribution is 5.61. The molecule has 0 saturated heterocycles. The van der Waals surface area contributed by atoms with Gasteiger partial charge in [-0.05, 0) is 43.1 Å². The normalized spacial score (nSPS) is 31.6. The van der Waals surface area contributed by atoms with E-state index in [1.54, 1.807) is 0 Å². The summed E-state index contributed by atoms with van der Waals surface area (Å²) in [6.45, 7) is 4.05. The molecule has 1 aromatic heterocycles. The lowest BCUT2D eigenvalue weighted by molar-refractivity contribution is 0.307. The second-order valence-corrected chi connectivity index (χ2v) is 5.65. The van der Waals surface area contributed by atoms with Crippen LogP contribution in [0.4, 0.5) is 4.39 Å². The molecule has 0 amide bonds. The van der Waals surface area contributed by atoms with Crippen molar-refractivity contribution < 1.29 is 4.39 Å². The summed E-state index contributed by atoms with van der Waals surface area (Å²) in [6.07, 6.45) is 4.47. The molecule has 4 heteroatoms. The first-order valence-electron chi connectivity index (χ1n) is 6.53. The Kier molecular flexibility index (Phi) is 1.83. The van der Waals surface area contributed by atoms with Crippen molar-refractivity contribution in [3.05, 3.63) is 18.2 Å². The van der Waals surface area contributed by atoms with Gasteiger partial charge in [0.15, 0.2) is 17.8 Å². The Hall–Kier alpha value is -1.19. The van der Waals surface area contributed by atoms with Crippen LogP contribution in [0.1, 0.15) is 56.0 Å². The van der Waals surface area contributed by atoms with Crippen LogP contribution < -0.4 is 0 Å². The Morgan fingerprint density at radius 1 is 1.29 bits per heavy atom. The van der Waals surface area contributed by atoms with Gasteiger partial charge in [-0.15, -0.1) is 0 Å². The fraction of sp³-hybridized carbons (Fsp3) is 0.692. The Labute approximate surface area is 99.7 Å². The molecular weight excluding hydrogens is 217 g/mol. The molecule has 1 aliphatic heterocycles. The molecular formula is C13H16FN3. The number of fused-ring (bicyclic) bond motifs is 1. The Bertz CT molecular complexity index is 485. The average Bonchev–Trinajstić information content (AvgIpc) is 3.20. The third-order valence-electron chi connectivity index (χ3n) is 4.22. The van der Waals surface area contributed by atoms with Crippen molar-refractivity contribution in [3.63, 3.8) is 0 Å². The van der Waals surface area contributed by atoms with E-state index in [2.05, 4.69) is 16.7 Å². The van der Waals surface area contributed by atoms with E-state index < -0.39 is 6.17 Å². The first-order chi connectivity index (χ1) is 8.24. The third kappa shape index (κ3) is 1.46. The molecule has 0 spiro atoms. The first-order valence-corrected chi connectivity index (χ1v) is 6.53. The van der Waals surface area contributed by atoms with Crippen molar-refractivity contribution >= 4 is 5.57 Å². The van der Waals surface area contributed by atoms with Crippen LogP contribution in [-0.4, -0.2) is 14.8 Å². The summed E-state index contributed by atoms with van der Waals surface area (Å²) < 4.78 is 15.7. The number of hydrogen-bond acceptors (Lipinski definition) is 2. The number of aromatic nitrogens is 3. The van der Waals surface area contributed by atoms with Crippen molar-refractivity contribution in [3.8, 4) is 0 Å². The Morgan fingerprint density at radius 2 is 2.06 bits per heavy atom. The van der Waals surface area contributed by atoms with Gasteiger partial charge in [0, 0.05) is 6.42 Å². The molecule has 0 radical (unpaired) electrons. The number of halogens is 1. The van der Waals surface area contributed by atoms with Gasteiger partial charge < -0.3 is 0 Å². The molecule has 2 fully saturated rings. The van der Waals surface area contributed by atoms with Gasteiger partial charge in [0.25, 0.3) is 0 Å². The van der Waals surface area contributed by atoms with E-state index in [-0.39, 0.29) is 6.04 Å². The van der Waals surface area contributed by atoms with Crippen molar-refractivity contribution in [1.29, 1.82) is 0 Å². The summed E-state index contributed by atoms with van der Waals surface area (Å²) >= 11 is 0. The van der Waals surface area contributed by atoms with E-state index in [0.29, 0.717) is 29.9 Å². The zero-order valence-corrected chi connectivity index (χ0v) is 9.77. The lowest BCUT2D eigenvalue weighted by atomic mass is 10.1. The Balaban J connectivity index is 1.69. The molecule has 2 saturated carbocycles. The smallest absolute Gasteiger partial charge is 0.177 e. The fourth-order valence-corrected chi connectivity index (χ4v) is 2.83. The molecule has 0 bridgehead atoms. The molecule has 2 atom stereocenters. The fourth-order valence-electron chi connectivity index (χ4n) is 2.83. The largest absolute Gasteiger partial charge is 0.243 e. The lowest BCUT2D eigenvalue weighted by Crippen LogP contribution is -2.08. The minimum Gasteiger partial charge on any atom is -0.243 e. The van der Waals surface area contributed by atoms with E-state index in [1.807, 2.05) is 4.68 Å². The van der Waals surface area contributed by atoms with Gasteiger partial charge in [0.2, 0.25) is 0 Å². The zero-order valence-electron chi connectivity index (χ0n) is 9.77. The molecule has 0 aromatic carbocycles. The van der Waals surface area contributed by atoms with Gasteiger partial charge in [-0.2, -0.15) is 5.10 Å². The maximum atomic E-state index is 13.9. The van der Waals surface area contributed by atoms with Crippen molar-refractivity contribution in [1.82, 2.24) is 14.8 Å². The molecule has 0 N–H and O–H groups in total. The predicted molar refractivity (Wildman–Crippen MR) is 62.0 cm³/mol. The van der Waals surface area contributed by atoms with Crippen molar-refractivity contribution in [2.24, 2.45) is 11.8 Å². The minimum atomic E-state index is -0.922. The maximum absolute atomic E-state index is 13.9. The summed E-state index contributed by atoms with van der Waals surface area (Å²) in [5.41, 5.74) is 1.01. The van der Waals surface area contributed by atoms with Crippen LogP contribution in [0.2, 0.25) is 0 Å². The third-order valence-corrected chi connectivity index (χ3v) is 4.22. The summed E-state index contributed by atoms with van der Waals surface area (Å²) in [6, 6.07) is 0.258. The highest BCUT2D eigenvalue weighted by Crippen LogP contribution is 2.49. The second kappa shape index (κ2) is 3.18. The number of rotatable bonds is 3. The number of hydrogen-bond donors (Lipinski definition) is 0. The quantitative estimate of drug-likeness (QED) is 0.803. The highest BCUT2D eigenvalue weighted by atomic mass is 19.1. The summed E-state index contributed by atoms with van der Waals surface area (Å²) in [5.74, 6) is 2.42. The summed E-state index contributed by atoms with van der Waals surface area (Å²) in [7, 11) is 0. The van der Waals surface area contributed by atoms with Gasteiger partial charge in [-0.1, -0.05) is 6.58 Å². The summed E-state index contributed by atoms with van der Waals surface area (Å²) in [5, 5.41) is 4.51. The SMILES string of the molecule is C=C(c1nc2n(n1)C(C1CC1)CC2F)C1CC1. The zero-order chi connectivity index (χ0) is 11.6. The molecule has 2 unspecified atom stereocenters. The lowest BCUT2D eigenvalue weighted by Gasteiger charge is -2.08. The molecule has 3 aliphatic rings. The van der Waals surface area contributed by atoms with Crippen LogP contribution in [0.5, 0.6) is 0 Å². The van der Waals surface area contributed by atoms with Gasteiger partial charge in [-0.3, -0.25) is 0 Å². The molecule has 1 aromatic rings. The van der Waals surface area contributed by atoms with Crippen LogP contribution in [0.25, 0.3) is 5.57 Å². The van der Waals surface area contributed by atoms with E-state index in [0.717, 1.165) is 5.57 Å². The van der Waals surface area contributed by atoms with Crippen molar-refractivity contribution in [2.45, 2.75) is 44.3 Å². The van der Waals surface area contributed by atoms with Crippen LogP contribution in [0.3, 0.4) is 0 Å². The highest BCUT2D eigenvalue weighted by Gasteiger charge is 2.43. The van der Waals surface area contributed by atoms with Gasteiger partial charge in [-0.25, -0.2) is 14.1 Å². The minimum absolute atomic E-state index is 0.258. The van der Waals surface area contributed by atoms with E-state index >= 15 is 0 Å². The van der Waals surface area contributed by atoms with Gasteiger partial charge in [0.05, 0.1) is 6.04 Å². The maximum Gasteiger partial charge on any atom is 0.177 e. The molecule has 2 heterocycles. The second-order valence-electron chi connectivity index (χ2n) is 5.65. The number of allylic oxidation sites excluding steroid dienone is 1. The topological polar surface area (TPSA) is 30.7 Å². The van der Waals surface area contributed by atoms with E-state index in [4.69, 9.17) is 0 Å². The van der Waals surface area contributed by atoms with Crippen LogP contribution in [-0.2, 0) is 0 Å². The van der Waals surface area contributed by atoms with E-state index in [1.165, 1.54) is 25.7 Å². The molecule has 90 valence electrons. The molecule has 4 rings (SSSR count). The van der Waals surface area contributed by atoms with Crippen LogP contribution >= 0.6 is 0 Å². The number of alkyl halides is 1. The molecule has 2 aliphatic carbocycles. The standard InChI is InChI=1S/C13H16FN3/c1-7(8-2-3-8)12-15-13-10(14)6-11(9-4-5-9)17(13)16-12/h8-11H,1-6H2. The Morgan fingerprint density at radius 3 is 2.71 bits per heavy atom. The van der Waals surface area contributed by atoms with Crippen LogP contribution in [0.15, 0.2) is 6.58 Å². The molecule has 17 heavy (non-hydrogen) atoms. The van der Waals surface area contributed by atoms with E-state index in [9.17, 15) is 4.39 Å². The summed E-state index contributed by atoms with van der Waals surface area (Å²) in [4.78, 5) is 4.37. The monoisotopic (exact) mass is 233 g/mol. The first kappa shape index (κ1) is 9.80. The van der Waals surface area contributed by atoms with Crippen molar-refractivity contribution in [2.75, 3.05) is 0 Å². The number of nitrogens with zero attached hydrogens (tertiary/aromatic N) is 3. The average molecular weight is 233 g/mol. The van der Waals surface area contributed by atoms with Gasteiger partial charge in [0.1, 0.15) is 0 Å². The molecule has 3 nitrogen and oxygen atoms in total.